The average Bonchev–Trinajstić information content (AvgIpc) is 3.22. The first kappa shape index (κ1) is 24.5. The molecule has 0 fully saturated rings. The number of esters is 1. The molecule has 5 rings (SSSR count). The standard InChI is InChI=1S/C30H26N2O4S/c1-3-35-29(34)26-20(2)31-30-32(27(26)23-12-8-5-9-13-23)28(33)25(37-30)18-21-14-16-24(17-15-21)36-19-22-10-6-4-7-11-22/h4-18,27H,3,19H2,1-2H3/b25-18+/t27-/m0/s1. The zero-order chi connectivity index (χ0) is 25.8. The number of thiazole rings is 1. The molecule has 3 aromatic carbocycles. The summed E-state index contributed by atoms with van der Waals surface area (Å²) in [6, 6.07) is 26.5. The molecule has 1 aliphatic heterocycles. The summed E-state index contributed by atoms with van der Waals surface area (Å²) in [4.78, 5) is 31.7. The molecule has 1 aliphatic rings. The Morgan fingerprint density at radius 1 is 1.00 bits per heavy atom. The van der Waals surface area contributed by atoms with Gasteiger partial charge in [-0.15, -0.1) is 0 Å². The minimum Gasteiger partial charge on any atom is -0.489 e. The molecule has 0 N–H and O–H groups in total. The summed E-state index contributed by atoms with van der Waals surface area (Å²) in [5.74, 6) is 0.291. The highest BCUT2D eigenvalue weighted by Gasteiger charge is 2.33. The molecule has 1 atom stereocenters. The molecule has 186 valence electrons. The molecule has 0 spiro atoms. The van der Waals surface area contributed by atoms with Crippen molar-refractivity contribution in [2.75, 3.05) is 6.61 Å². The van der Waals surface area contributed by atoms with Gasteiger partial charge in [0.2, 0.25) is 0 Å². The quantitative estimate of drug-likeness (QED) is 0.346. The number of aromatic nitrogens is 1. The third-order valence-electron chi connectivity index (χ3n) is 6.06. The van der Waals surface area contributed by atoms with E-state index in [4.69, 9.17) is 9.47 Å². The van der Waals surface area contributed by atoms with Crippen molar-refractivity contribution >= 4 is 23.4 Å². The Balaban J connectivity index is 1.50. The number of fused-ring (bicyclic) bond motifs is 1. The Hall–Kier alpha value is -4.23. The highest BCUT2D eigenvalue weighted by molar-refractivity contribution is 7.07. The van der Waals surface area contributed by atoms with Crippen LogP contribution < -0.4 is 19.6 Å². The fourth-order valence-corrected chi connectivity index (χ4v) is 5.34. The van der Waals surface area contributed by atoms with Gasteiger partial charge in [0, 0.05) is 0 Å². The average molecular weight is 511 g/mol. The zero-order valence-corrected chi connectivity index (χ0v) is 21.4. The van der Waals surface area contributed by atoms with Crippen LogP contribution in [-0.4, -0.2) is 17.1 Å². The van der Waals surface area contributed by atoms with Gasteiger partial charge < -0.3 is 9.47 Å². The summed E-state index contributed by atoms with van der Waals surface area (Å²) in [5.41, 5.74) is 3.53. The second kappa shape index (κ2) is 10.8. The van der Waals surface area contributed by atoms with Gasteiger partial charge >= 0.3 is 5.97 Å². The molecule has 0 saturated carbocycles. The predicted molar refractivity (Wildman–Crippen MR) is 144 cm³/mol. The summed E-state index contributed by atoms with van der Waals surface area (Å²) in [5, 5.41) is 0. The monoisotopic (exact) mass is 510 g/mol. The zero-order valence-electron chi connectivity index (χ0n) is 20.6. The molecule has 0 amide bonds. The fraction of sp³-hybridized carbons (Fsp3) is 0.167. The lowest BCUT2D eigenvalue weighted by atomic mass is 9.96. The Morgan fingerprint density at radius 3 is 2.35 bits per heavy atom. The molecule has 0 saturated heterocycles. The maximum atomic E-state index is 13.6. The summed E-state index contributed by atoms with van der Waals surface area (Å²) in [6.07, 6.45) is 1.84. The minimum absolute atomic E-state index is 0.198. The third kappa shape index (κ3) is 5.17. The van der Waals surface area contributed by atoms with Crippen LogP contribution in [0.25, 0.3) is 6.08 Å². The third-order valence-corrected chi connectivity index (χ3v) is 7.04. The van der Waals surface area contributed by atoms with Crippen molar-refractivity contribution in [3.8, 4) is 5.75 Å². The van der Waals surface area contributed by atoms with Gasteiger partial charge in [0.15, 0.2) is 4.80 Å². The van der Waals surface area contributed by atoms with Crippen molar-refractivity contribution in [3.05, 3.63) is 133 Å². The number of nitrogens with zero attached hydrogens (tertiary/aromatic N) is 2. The van der Waals surface area contributed by atoms with E-state index >= 15 is 0 Å². The number of ether oxygens (including phenoxy) is 2. The highest BCUT2D eigenvalue weighted by atomic mass is 32.1. The maximum Gasteiger partial charge on any atom is 0.338 e. The van der Waals surface area contributed by atoms with Gasteiger partial charge in [-0.2, -0.15) is 0 Å². The fourth-order valence-electron chi connectivity index (χ4n) is 4.29. The Labute approximate surface area is 218 Å². The van der Waals surface area contributed by atoms with Crippen LogP contribution in [0.2, 0.25) is 0 Å². The number of hydrogen-bond donors (Lipinski definition) is 0. The topological polar surface area (TPSA) is 69.9 Å². The van der Waals surface area contributed by atoms with E-state index in [2.05, 4.69) is 4.99 Å². The Bertz CT molecular complexity index is 1620. The van der Waals surface area contributed by atoms with E-state index in [9.17, 15) is 9.59 Å². The van der Waals surface area contributed by atoms with Gasteiger partial charge in [0.05, 0.1) is 28.5 Å². The van der Waals surface area contributed by atoms with Crippen LogP contribution in [0, 0.1) is 0 Å². The molecule has 0 bridgehead atoms. The molecule has 7 heteroatoms. The number of rotatable bonds is 7. The smallest absolute Gasteiger partial charge is 0.338 e. The summed E-state index contributed by atoms with van der Waals surface area (Å²) < 4.78 is 13.3. The molecule has 6 nitrogen and oxygen atoms in total. The normalized spacial score (nSPS) is 15.2. The van der Waals surface area contributed by atoms with Gasteiger partial charge in [-0.05, 0) is 48.7 Å². The summed E-state index contributed by atoms with van der Waals surface area (Å²) in [6.45, 7) is 4.28. The SMILES string of the molecule is CCOC(=O)C1=C(C)N=c2s/c(=C/c3ccc(OCc4ccccc4)cc3)c(=O)n2[C@H]1c1ccccc1. The number of carbonyl (C=O) groups is 1. The molecule has 4 aromatic rings. The second-order valence-corrected chi connectivity index (χ2v) is 9.57. The first-order valence-electron chi connectivity index (χ1n) is 12.1. The molecular weight excluding hydrogens is 484 g/mol. The lowest BCUT2D eigenvalue weighted by Crippen LogP contribution is -2.39. The van der Waals surface area contributed by atoms with Crippen molar-refractivity contribution in [2.24, 2.45) is 4.99 Å². The van der Waals surface area contributed by atoms with Gasteiger partial charge in [-0.3, -0.25) is 9.36 Å². The van der Waals surface area contributed by atoms with Gasteiger partial charge in [-0.25, -0.2) is 9.79 Å². The van der Waals surface area contributed by atoms with Crippen LogP contribution in [-0.2, 0) is 16.1 Å². The van der Waals surface area contributed by atoms with E-state index in [0.29, 0.717) is 27.2 Å². The van der Waals surface area contributed by atoms with Crippen LogP contribution in [0.1, 0.15) is 36.6 Å². The molecule has 2 heterocycles. The van der Waals surface area contributed by atoms with E-state index in [0.717, 1.165) is 22.4 Å². The lowest BCUT2D eigenvalue weighted by molar-refractivity contribution is -0.139. The van der Waals surface area contributed by atoms with Crippen molar-refractivity contribution < 1.29 is 14.3 Å². The minimum atomic E-state index is -0.604. The van der Waals surface area contributed by atoms with E-state index < -0.39 is 12.0 Å². The van der Waals surface area contributed by atoms with Gasteiger partial charge in [0.1, 0.15) is 12.4 Å². The molecule has 37 heavy (non-hydrogen) atoms. The predicted octanol–water partition coefficient (Wildman–Crippen LogP) is 4.38. The maximum absolute atomic E-state index is 13.6. The summed E-state index contributed by atoms with van der Waals surface area (Å²) >= 11 is 1.31. The molecular formula is C30H26N2O4S. The van der Waals surface area contributed by atoms with Crippen LogP contribution in [0.15, 0.2) is 106 Å². The number of carbonyl (C=O) groups excluding carboxylic acids is 1. The number of benzene rings is 3. The van der Waals surface area contributed by atoms with E-state index in [1.165, 1.54) is 11.3 Å². The Morgan fingerprint density at radius 2 is 1.68 bits per heavy atom. The van der Waals surface area contributed by atoms with Crippen molar-refractivity contribution in [1.82, 2.24) is 4.57 Å². The summed E-state index contributed by atoms with van der Waals surface area (Å²) in [7, 11) is 0. The van der Waals surface area contributed by atoms with E-state index in [1.54, 1.807) is 18.4 Å². The largest absolute Gasteiger partial charge is 0.489 e. The first-order chi connectivity index (χ1) is 18.0. The number of hydrogen-bond acceptors (Lipinski definition) is 6. The van der Waals surface area contributed by atoms with E-state index in [-0.39, 0.29) is 12.2 Å². The lowest BCUT2D eigenvalue weighted by Gasteiger charge is -2.24. The second-order valence-electron chi connectivity index (χ2n) is 8.56. The molecule has 0 aliphatic carbocycles. The van der Waals surface area contributed by atoms with Crippen molar-refractivity contribution in [1.29, 1.82) is 0 Å². The first-order valence-corrected chi connectivity index (χ1v) is 12.9. The highest BCUT2D eigenvalue weighted by Crippen LogP contribution is 2.30. The van der Waals surface area contributed by atoms with E-state index in [1.807, 2.05) is 91.0 Å². The van der Waals surface area contributed by atoms with Gasteiger partial charge in [-0.1, -0.05) is 84.1 Å². The van der Waals surface area contributed by atoms with Crippen LogP contribution in [0.5, 0.6) is 5.75 Å². The molecule has 0 radical (unpaired) electrons. The van der Waals surface area contributed by atoms with Crippen LogP contribution in [0.4, 0.5) is 0 Å². The van der Waals surface area contributed by atoms with Crippen LogP contribution >= 0.6 is 11.3 Å². The number of allylic oxidation sites excluding steroid dienone is 1. The van der Waals surface area contributed by atoms with Crippen LogP contribution in [0.3, 0.4) is 0 Å². The van der Waals surface area contributed by atoms with Crippen molar-refractivity contribution in [2.45, 2.75) is 26.5 Å². The Kier molecular flexibility index (Phi) is 7.14. The molecule has 0 unspecified atom stereocenters. The van der Waals surface area contributed by atoms with Gasteiger partial charge in [0.25, 0.3) is 5.56 Å². The molecule has 1 aromatic heterocycles. The van der Waals surface area contributed by atoms with Crippen molar-refractivity contribution in [3.63, 3.8) is 0 Å².